The zero-order valence-corrected chi connectivity index (χ0v) is 14.1. The maximum absolute atomic E-state index is 5.01. The summed E-state index contributed by atoms with van der Waals surface area (Å²) >= 11 is 0. The number of hydrogen-bond donors (Lipinski definition) is 1. The number of aryl methyl sites for hydroxylation is 1. The average molecular weight is 317 g/mol. The highest BCUT2D eigenvalue weighted by atomic mass is 15.2. The Morgan fingerprint density at radius 1 is 0.917 bits per heavy atom. The first-order valence-electron chi connectivity index (χ1n) is 8.69. The van der Waals surface area contributed by atoms with Gasteiger partial charge in [-0.15, -0.1) is 0 Å². The van der Waals surface area contributed by atoms with Gasteiger partial charge in [0.2, 0.25) is 0 Å². The third kappa shape index (κ3) is 2.93. The summed E-state index contributed by atoms with van der Waals surface area (Å²) in [7, 11) is 0. The third-order valence-electron chi connectivity index (χ3n) is 4.90. The van der Waals surface area contributed by atoms with Crippen LogP contribution in [0, 0.1) is 6.92 Å². The van der Waals surface area contributed by atoms with Crippen LogP contribution < -0.4 is 5.32 Å². The monoisotopic (exact) mass is 317 g/mol. The van der Waals surface area contributed by atoms with Gasteiger partial charge in [0.15, 0.2) is 0 Å². The van der Waals surface area contributed by atoms with Gasteiger partial charge in [-0.1, -0.05) is 48.5 Å². The fourth-order valence-electron chi connectivity index (χ4n) is 3.61. The van der Waals surface area contributed by atoms with Crippen LogP contribution in [-0.2, 0) is 0 Å². The van der Waals surface area contributed by atoms with Crippen LogP contribution in [0.25, 0.3) is 10.9 Å². The van der Waals surface area contributed by atoms with Crippen molar-refractivity contribution in [2.24, 2.45) is 0 Å². The van der Waals surface area contributed by atoms with Crippen molar-refractivity contribution >= 4 is 10.9 Å². The number of rotatable bonds is 3. The summed E-state index contributed by atoms with van der Waals surface area (Å²) in [5.74, 6) is 0. The molecule has 0 bridgehead atoms. The molecule has 0 saturated carbocycles. The van der Waals surface area contributed by atoms with Gasteiger partial charge in [0.1, 0.15) is 0 Å². The van der Waals surface area contributed by atoms with E-state index in [0.717, 1.165) is 37.4 Å². The van der Waals surface area contributed by atoms with Gasteiger partial charge in [0.25, 0.3) is 0 Å². The Kier molecular flexibility index (Phi) is 4.28. The molecule has 1 atom stereocenters. The van der Waals surface area contributed by atoms with Crippen molar-refractivity contribution in [3.63, 3.8) is 0 Å². The van der Waals surface area contributed by atoms with Crippen LogP contribution in [0.3, 0.4) is 0 Å². The number of piperazine rings is 1. The predicted octanol–water partition coefficient (Wildman–Crippen LogP) is 3.54. The van der Waals surface area contributed by atoms with E-state index in [-0.39, 0.29) is 6.04 Å². The summed E-state index contributed by atoms with van der Waals surface area (Å²) in [6, 6.07) is 21.7. The Labute approximate surface area is 143 Å². The molecule has 1 saturated heterocycles. The van der Waals surface area contributed by atoms with Gasteiger partial charge in [-0.05, 0) is 30.2 Å². The first-order valence-corrected chi connectivity index (χ1v) is 8.69. The van der Waals surface area contributed by atoms with Crippen LogP contribution in [-0.4, -0.2) is 36.1 Å². The van der Waals surface area contributed by atoms with Crippen LogP contribution in [0.2, 0.25) is 0 Å². The summed E-state index contributed by atoms with van der Waals surface area (Å²) < 4.78 is 0. The molecule has 1 aliphatic heterocycles. The molecule has 0 spiro atoms. The van der Waals surface area contributed by atoms with E-state index in [0.29, 0.717) is 0 Å². The number of benzene rings is 2. The molecule has 1 aliphatic rings. The number of para-hydroxylation sites is 1. The highest BCUT2D eigenvalue weighted by molar-refractivity contribution is 5.78. The fraction of sp³-hybridized carbons (Fsp3) is 0.286. The lowest BCUT2D eigenvalue weighted by molar-refractivity contribution is 0.195. The molecule has 3 nitrogen and oxygen atoms in total. The topological polar surface area (TPSA) is 28.2 Å². The second-order valence-corrected chi connectivity index (χ2v) is 6.47. The van der Waals surface area contributed by atoms with Crippen molar-refractivity contribution in [2.75, 3.05) is 26.2 Å². The molecule has 122 valence electrons. The number of hydrogen-bond acceptors (Lipinski definition) is 3. The minimum absolute atomic E-state index is 0.220. The van der Waals surface area contributed by atoms with E-state index in [4.69, 9.17) is 4.98 Å². The zero-order valence-electron chi connectivity index (χ0n) is 14.1. The largest absolute Gasteiger partial charge is 0.314 e. The second-order valence-electron chi connectivity index (χ2n) is 6.47. The molecule has 2 heterocycles. The summed E-state index contributed by atoms with van der Waals surface area (Å²) in [6.07, 6.45) is 0. The van der Waals surface area contributed by atoms with Crippen molar-refractivity contribution in [2.45, 2.75) is 13.0 Å². The molecule has 0 radical (unpaired) electrons. The van der Waals surface area contributed by atoms with Crippen molar-refractivity contribution < 1.29 is 0 Å². The molecule has 1 aromatic heterocycles. The highest BCUT2D eigenvalue weighted by Gasteiger charge is 2.26. The summed E-state index contributed by atoms with van der Waals surface area (Å²) in [4.78, 5) is 7.56. The minimum Gasteiger partial charge on any atom is -0.314 e. The van der Waals surface area contributed by atoms with Gasteiger partial charge in [-0.3, -0.25) is 9.88 Å². The van der Waals surface area contributed by atoms with Crippen molar-refractivity contribution in [3.05, 3.63) is 77.5 Å². The Balaban J connectivity index is 1.82. The number of nitrogens with one attached hydrogen (secondary N) is 1. The molecular weight excluding hydrogens is 294 g/mol. The number of fused-ring (bicyclic) bond motifs is 1. The average Bonchev–Trinajstić information content (AvgIpc) is 2.64. The molecule has 0 amide bonds. The zero-order chi connectivity index (χ0) is 16.4. The molecule has 1 N–H and O–H groups in total. The Morgan fingerprint density at radius 2 is 1.67 bits per heavy atom. The van der Waals surface area contributed by atoms with E-state index in [1.165, 1.54) is 16.5 Å². The van der Waals surface area contributed by atoms with E-state index in [9.17, 15) is 0 Å². The lowest BCUT2D eigenvalue weighted by Crippen LogP contribution is -2.45. The van der Waals surface area contributed by atoms with Crippen LogP contribution in [0.5, 0.6) is 0 Å². The summed E-state index contributed by atoms with van der Waals surface area (Å²) in [5.41, 5.74) is 4.91. The van der Waals surface area contributed by atoms with Gasteiger partial charge >= 0.3 is 0 Å². The predicted molar refractivity (Wildman–Crippen MR) is 99.2 cm³/mol. The molecule has 3 aromatic rings. The first kappa shape index (κ1) is 15.3. The SMILES string of the molecule is Cc1ccccc1C(c1ccc2ccccc2n1)N1CCNCC1. The summed E-state index contributed by atoms with van der Waals surface area (Å²) in [5, 5.41) is 4.65. The maximum atomic E-state index is 5.01. The molecule has 24 heavy (non-hydrogen) atoms. The van der Waals surface area contributed by atoms with Crippen LogP contribution in [0.4, 0.5) is 0 Å². The molecule has 1 fully saturated rings. The normalized spacial score (nSPS) is 17.0. The number of nitrogens with zero attached hydrogens (tertiary/aromatic N) is 2. The van der Waals surface area contributed by atoms with E-state index in [1.807, 2.05) is 0 Å². The molecule has 4 rings (SSSR count). The molecule has 3 heteroatoms. The fourth-order valence-corrected chi connectivity index (χ4v) is 3.61. The Morgan fingerprint density at radius 3 is 2.50 bits per heavy atom. The smallest absolute Gasteiger partial charge is 0.0780 e. The van der Waals surface area contributed by atoms with Crippen molar-refractivity contribution in [1.82, 2.24) is 15.2 Å². The highest BCUT2D eigenvalue weighted by Crippen LogP contribution is 2.31. The quantitative estimate of drug-likeness (QED) is 0.801. The van der Waals surface area contributed by atoms with Crippen LogP contribution in [0.15, 0.2) is 60.7 Å². The van der Waals surface area contributed by atoms with E-state index in [2.05, 4.69) is 77.8 Å². The Bertz CT molecular complexity index is 837. The van der Waals surface area contributed by atoms with Crippen molar-refractivity contribution in [3.8, 4) is 0 Å². The van der Waals surface area contributed by atoms with Gasteiger partial charge < -0.3 is 5.32 Å². The van der Waals surface area contributed by atoms with E-state index < -0.39 is 0 Å². The standard InChI is InChI=1S/C21H23N3/c1-16-6-2-4-8-18(16)21(24-14-12-22-13-15-24)20-11-10-17-7-3-5-9-19(17)23-20/h2-11,21-22H,12-15H2,1H3. The lowest BCUT2D eigenvalue weighted by Gasteiger charge is -2.35. The van der Waals surface area contributed by atoms with Crippen LogP contribution in [0.1, 0.15) is 22.9 Å². The molecular formula is C21H23N3. The number of aromatic nitrogens is 1. The first-order chi connectivity index (χ1) is 11.8. The number of pyridine rings is 1. The molecule has 2 aromatic carbocycles. The molecule has 0 aliphatic carbocycles. The van der Waals surface area contributed by atoms with E-state index in [1.54, 1.807) is 0 Å². The Hall–Kier alpha value is -2.23. The van der Waals surface area contributed by atoms with Gasteiger partial charge in [0, 0.05) is 31.6 Å². The second kappa shape index (κ2) is 6.71. The van der Waals surface area contributed by atoms with Gasteiger partial charge in [-0.2, -0.15) is 0 Å². The lowest BCUT2D eigenvalue weighted by atomic mass is 9.96. The minimum atomic E-state index is 0.220. The summed E-state index contributed by atoms with van der Waals surface area (Å²) in [6.45, 7) is 6.37. The third-order valence-corrected chi connectivity index (χ3v) is 4.90. The molecule has 1 unspecified atom stereocenters. The maximum Gasteiger partial charge on any atom is 0.0780 e. The van der Waals surface area contributed by atoms with Crippen molar-refractivity contribution in [1.29, 1.82) is 0 Å². The van der Waals surface area contributed by atoms with Gasteiger partial charge in [0.05, 0.1) is 17.3 Å². The van der Waals surface area contributed by atoms with Gasteiger partial charge in [-0.25, -0.2) is 0 Å². The van der Waals surface area contributed by atoms with Crippen LogP contribution >= 0.6 is 0 Å². The van der Waals surface area contributed by atoms with E-state index >= 15 is 0 Å².